The van der Waals surface area contributed by atoms with Crippen molar-refractivity contribution >= 4 is 35.0 Å². The van der Waals surface area contributed by atoms with Gasteiger partial charge in [0.05, 0.1) is 5.92 Å². The number of nitrogens with two attached hydrogens (primary N) is 2. The predicted octanol–water partition coefficient (Wildman–Crippen LogP) is 3.18. The van der Waals surface area contributed by atoms with Crippen LogP contribution in [0.5, 0.6) is 0 Å². The van der Waals surface area contributed by atoms with Crippen LogP contribution in [0.4, 0.5) is 0 Å². The van der Waals surface area contributed by atoms with Crippen LogP contribution in [-0.4, -0.2) is 11.8 Å². The summed E-state index contributed by atoms with van der Waals surface area (Å²) in [4.78, 5) is 22.4. The summed E-state index contributed by atoms with van der Waals surface area (Å²) in [6.07, 6.45) is 0.315. The largest absolute Gasteiger partial charge is 0.370 e. The fourth-order valence-corrected chi connectivity index (χ4v) is 2.88. The van der Waals surface area contributed by atoms with Crippen LogP contribution in [0.3, 0.4) is 0 Å². The van der Waals surface area contributed by atoms with E-state index in [1.54, 1.807) is 6.07 Å². The van der Waals surface area contributed by atoms with Gasteiger partial charge in [-0.2, -0.15) is 0 Å². The zero-order valence-corrected chi connectivity index (χ0v) is 13.8. The SMILES string of the molecule is NC(=O)C[C@@H](Cc1ccc(-c2cc(Cl)cc(Cl)c2)cc1)C(N)=O. The Bertz CT molecular complexity index is 710. The summed E-state index contributed by atoms with van der Waals surface area (Å²) in [6.45, 7) is 0. The molecule has 2 amide bonds. The summed E-state index contributed by atoms with van der Waals surface area (Å²) in [5, 5.41) is 1.12. The number of hydrogen-bond donors (Lipinski definition) is 2. The van der Waals surface area contributed by atoms with Crippen molar-refractivity contribution in [1.29, 1.82) is 0 Å². The first-order valence-corrected chi connectivity index (χ1v) is 7.74. The first-order valence-electron chi connectivity index (χ1n) is 6.98. The van der Waals surface area contributed by atoms with Gasteiger partial charge >= 0.3 is 0 Å². The van der Waals surface area contributed by atoms with E-state index in [2.05, 4.69) is 0 Å². The molecule has 0 aromatic heterocycles. The molecule has 1 atom stereocenters. The zero-order valence-electron chi connectivity index (χ0n) is 12.3. The first kappa shape index (κ1) is 17.3. The van der Waals surface area contributed by atoms with Crippen LogP contribution in [0.1, 0.15) is 12.0 Å². The Morgan fingerprint density at radius 1 is 0.913 bits per heavy atom. The summed E-state index contributed by atoms with van der Waals surface area (Å²) in [6, 6.07) is 12.9. The van der Waals surface area contributed by atoms with Gasteiger partial charge < -0.3 is 11.5 Å². The number of benzene rings is 2. The second kappa shape index (κ2) is 7.49. The maximum atomic E-state index is 11.4. The molecule has 0 radical (unpaired) electrons. The van der Waals surface area contributed by atoms with Crippen LogP contribution < -0.4 is 11.5 Å². The van der Waals surface area contributed by atoms with E-state index in [0.29, 0.717) is 16.5 Å². The van der Waals surface area contributed by atoms with Crippen LogP contribution in [0.25, 0.3) is 11.1 Å². The molecule has 4 N–H and O–H groups in total. The third-order valence-electron chi connectivity index (χ3n) is 3.48. The molecule has 2 rings (SSSR count). The fourth-order valence-electron chi connectivity index (χ4n) is 2.35. The molecule has 0 aliphatic rings. The van der Waals surface area contributed by atoms with Crippen molar-refractivity contribution in [2.24, 2.45) is 17.4 Å². The summed E-state index contributed by atoms with van der Waals surface area (Å²) >= 11 is 12.0. The lowest BCUT2D eigenvalue weighted by Gasteiger charge is -2.12. The third-order valence-corrected chi connectivity index (χ3v) is 3.92. The molecule has 0 saturated carbocycles. The molecule has 0 aliphatic heterocycles. The Kier molecular flexibility index (Phi) is 5.64. The number of carbonyl (C=O) groups is 2. The van der Waals surface area contributed by atoms with Crippen LogP contribution >= 0.6 is 23.2 Å². The monoisotopic (exact) mass is 350 g/mol. The minimum Gasteiger partial charge on any atom is -0.370 e. The standard InChI is InChI=1S/C17H16Cl2N2O2/c18-14-6-12(7-15(19)9-14)11-3-1-10(2-4-11)5-13(17(21)23)8-16(20)22/h1-4,6-7,9,13H,5,8H2,(H2,20,22)(H2,21,23)/t13-/m1/s1. The van der Waals surface area contributed by atoms with E-state index in [0.717, 1.165) is 16.7 Å². The Hall–Kier alpha value is -2.04. The number of amides is 2. The Balaban J connectivity index is 2.18. The minimum absolute atomic E-state index is 0.0546. The normalized spacial score (nSPS) is 11.9. The van der Waals surface area contributed by atoms with Gasteiger partial charge in [-0.1, -0.05) is 47.5 Å². The highest BCUT2D eigenvalue weighted by atomic mass is 35.5. The molecule has 2 aromatic carbocycles. The van der Waals surface area contributed by atoms with Gasteiger partial charge in [-0.3, -0.25) is 9.59 Å². The van der Waals surface area contributed by atoms with E-state index >= 15 is 0 Å². The molecule has 0 bridgehead atoms. The molecule has 0 saturated heterocycles. The summed E-state index contributed by atoms with van der Waals surface area (Å²) in [5.74, 6) is -1.67. The second-order valence-corrected chi connectivity index (χ2v) is 6.20. The van der Waals surface area contributed by atoms with Crippen molar-refractivity contribution in [2.75, 3.05) is 0 Å². The van der Waals surface area contributed by atoms with E-state index in [9.17, 15) is 9.59 Å². The van der Waals surface area contributed by atoms with Crippen molar-refractivity contribution < 1.29 is 9.59 Å². The number of primary amides is 2. The number of rotatable bonds is 6. The molecule has 0 fully saturated rings. The van der Waals surface area contributed by atoms with Gasteiger partial charge in [0.25, 0.3) is 0 Å². The molecular formula is C17H16Cl2N2O2. The van der Waals surface area contributed by atoms with Crippen LogP contribution in [0.15, 0.2) is 42.5 Å². The zero-order chi connectivity index (χ0) is 17.0. The van der Waals surface area contributed by atoms with Crippen molar-refractivity contribution in [1.82, 2.24) is 0 Å². The van der Waals surface area contributed by atoms with Gasteiger partial charge in [0, 0.05) is 16.5 Å². The van der Waals surface area contributed by atoms with Crippen molar-refractivity contribution in [3.05, 3.63) is 58.1 Å². The molecule has 23 heavy (non-hydrogen) atoms. The Morgan fingerprint density at radius 3 is 1.96 bits per heavy atom. The van der Waals surface area contributed by atoms with E-state index < -0.39 is 17.7 Å². The quantitative estimate of drug-likeness (QED) is 0.837. The number of hydrogen-bond acceptors (Lipinski definition) is 2. The van der Waals surface area contributed by atoms with E-state index in [-0.39, 0.29) is 6.42 Å². The maximum absolute atomic E-state index is 11.4. The third kappa shape index (κ3) is 4.98. The highest BCUT2D eigenvalue weighted by molar-refractivity contribution is 6.35. The van der Waals surface area contributed by atoms with E-state index in [1.807, 2.05) is 36.4 Å². The number of halogens is 2. The van der Waals surface area contributed by atoms with E-state index in [4.69, 9.17) is 34.7 Å². The summed E-state index contributed by atoms with van der Waals surface area (Å²) in [5.41, 5.74) is 13.2. The molecule has 0 heterocycles. The topological polar surface area (TPSA) is 86.2 Å². The van der Waals surface area contributed by atoms with Gasteiger partial charge in [-0.25, -0.2) is 0 Å². The van der Waals surface area contributed by atoms with Gasteiger partial charge in [0.15, 0.2) is 0 Å². The molecule has 120 valence electrons. The average Bonchev–Trinajstić information content (AvgIpc) is 2.45. The average molecular weight is 351 g/mol. The molecule has 0 spiro atoms. The first-order chi connectivity index (χ1) is 10.8. The Labute approximate surface area is 144 Å². The smallest absolute Gasteiger partial charge is 0.221 e. The van der Waals surface area contributed by atoms with Gasteiger partial charge in [0.1, 0.15) is 0 Å². The van der Waals surface area contributed by atoms with Crippen LogP contribution in [0, 0.1) is 5.92 Å². The lowest BCUT2D eigenvalue weighted by atomic mass is 9.94. The Morgan fingerprint density at radius 2 is 1.48 bits per heavy atom. The van der Waals surface area contributed by atoms with Crippen LogP contribution in [-0.2, 0) is 16.0 Å². The van der Waals surface area contributed by atoms with Gasteiger partial charge in [0.2, 0.25) is 11.8 Å². The lowest BCUT2D eigenvalue weighted by molar-refractivity contribution is -0.126. The van der Waals surface area contributed by atoms with Crippen molar-refractivity contribution in [3.63, 3.8) is 0 Å². The number of carbonyl (C=O) groups excluding carboxylic acids is 2. The van der Waals surface area contributed by atoms with E-state index in [1.165, 1.54) is 0 Å². The molecule has 0 aliphatic carbocycles. The second-order valence-electron chi connectivity index (χ2n) is 5.33. The minimum atomic E-state index is -0.598. The molecule has 2 aromatic rings. The van der Waals surface area contributed by atoms with Gasteiger partial charge in [-0.15, -0.1) is 0 Å². The molecule has 0 unspecified atom stereocenters. The molecule has 4 nitrogen and oxygen atoms in total. The van der Waals surface area contributed by atoms with Crippen molar-refractivity contribution in [2.45, 2.75) is 12.8 Å². The summed E-state index contributed by atoms with van der Waals surface area (Å²) in [7, 11) is 0. The molecule has 6 heteroatoms. The fraction of sp³-hybridized carbons (Fsp3) is 0.176. The summed E-state index contributed by atoms with van der Waals surface area (Å²) < 4.78 is 0. The van der Waals surface area contributed by atoms with Crippen LogP contribution in [0.2, 0.25) is 10.0 Å². The molecular weight excluding hydrogens is 335 g/mol. The highest BCUT2D eigenvalue weighted by Crippen LogP contribution is 2.27. The predicted molar refractivity (Wildman–Crippen MR) is 92.1 cm³/mol. The highest BCUT2D eigenvalue weighted by Gasteiger charge is 2.18. The maximum Gasteiger partial charge on any atom is 0.221 e. The lowest BCUT2D eigenvalue weighted by Crippen LogP contribution is -2.29. The van der Waals surface area contributed by atoms with Crippen molar-refractivity contribution in [3.8, 4) is 11.1 Å². The van der Waals surface area contributed by atoms with Gasteiger partial charge in [-0.05, 0) is 41.3 Å².